The fraction of sp³-hybridized carbons (Fsp3) is 0.375. The normalized spacial score (nSPS) is 17.0. The number of halogens is 1. The van der Waals surface area contributed by atoms with Gasteiger partial charge in [-0.1, -0.05) is 54.8 Å². The molecule has 0 spiro atoms. The van der Waals surface area contributed by atoms with Crippen LogP contribution in [0.3, 0.4) is 0 Å². The summed E-state index contributed by atoms with van der Waals surface area (Å²) in [6, 6.07) is 9.21. The highest BCUT2D eigenvalue weighted by atomic mass is 35.5. The summed E-state index contributed by atoms with van der Waals surface area (Å²) in [7, 11) is 0. The number of rotatable bonds is 2. The summed E-state index contributed by atoms with van der Waals surface area (Å²) in [6.07, 6.45) is 3.75. The van der Waals surface area contributed by atoms with Crippen LogP contribution in [0.1, 0.15) is 32.6 Å². The minimum Gasteiger partial charge on any atom is -0.297 e. The zero-order valence-corrected chi connectivity index (χ0v) is 12.6. The Kier molecular flexibility index (Phi) is 3.49. The first-order valence-corrected chi connectivity index (χ1v) is 7.51. The maximum absolute atomic E-state index is 12.9. The van der Waals surface area contributed by atoms with Crippen molar-refractivity contribution in [2.75, 3.05) is 0 Å². The van der Waals surface area contributed by atoms with E-state index in [4.69, 9.17) is 11.6 Å². The molecule has 1 fully saturated rings. The lowest BCUT2D eigenvalue weighted by molar-refractivity contribution is 0.306. The van der Waals surface area contributed by atoms with E-state index in [9.17, 15) is 9.59 Å². The van der Waals surface area contributed by atoms with Crippen LogP contribution < -0.4 is 11.2 Å². The van der Waals surface area contributed by atoms with E-state index < -0.39 is 11.2 Å². The predicted molar refractivity (Wildman–Crippen MR) is 83.9 cm³/mol. The number of hydrogen-bond acceptors (Lipinski definition) is 2. The lowest BCUT2D eigenvalue weighted by Gasteiger charge is -2.26. The lowest BCUT2D eigenvalue weighted by Crippen LogP contribution is -2.47. The Bertz CT molecular complexity index is 771. The third kappa shape index (κ3) is 2.33. The van der Waals surface area contributed by atoms with Crippen LogP contribution in [-0.2, 0) is 5.54 Å². The summed E-state index contributed by atoms with van der Waals surface area (Å²) in [6.45, 7) is 1.97. The second-order valence-electron chi connectivity index (χ2n) is 5.83. The molecule has 1 heterocycles. The lowest BCUT2D eigenvalue weighted by atomic mass is 9.99. The predicted octanol–water partition coefficient (Wildman–Crippen LogP) is 3.15. The van der Waals surface area contributed by atoms with E-state index >= 15 is 0 Å². The highest BCUT2D eigenvalue weighted by molar-refractivity contribution is 6.32. The molecule has 2 aromatic rings. The Morgan fingerprint density at radius 2 is 1.76 bits per heavy atom. The van der Waals surface area contributed by atoms with Crippen LogP contribution in [0.5, 0.6) is 0 Å². The molecule has 1 aliphatic carbocycles. The molecule has 110 valence electrons. The second kappa shape index (κ2) is 5.19. The van der Waals surface area contributed by atoms with Crippen molar-refractivity contribution >= 4 is 11.6 Å². The van der Waals surface area contributed by atoms with Gasteiger partial charge in [-0.25, -0.2) is 4.79 Å². The van der Waals surface area contributed by atoms with Gasteiger partial charge in [0.25, 0.3) is 5.56 Å². The summed E-state index contributed by atoms with van der Waals surface area (Å²) in [4.78, 5) is 27.7. The summed E-state index contributed by atoms with van der Waals surface area (Å²) in [5.41, 5.74) is -0.0591. The summed E-state index contributed by atoms with van der Waals surface area (Å²) in [5, 5.41) is 0.106. The zero-order chi connectivity index (χ0) is 15.0. The Hall–Kier alpha value is -1.81. The molecule has 0 atom stereocenters. The van der Waals surface area contributed by atoms with Crippen LogP contribution in [0.25, 0.3) is 11.1 Å². The molecule has 0 aliphatic heterocycles. The number of aromatic nitrogens is 2. The monoisotopic (exact) mass is 304 g/mol. The van der Waals surface area contributed by atoms with Gasteiger partial charge in [-0.05, 0) is 25.3 Å². The molecule has 1 aromatic heterocycles. The fourth-order valence-corrected chi connectivity index (χ4v) is 3.49. The number of nitrogens with one attached hydrogen (secondary N) is 1. The number of H-pyrrole nitrogens is 1. The second-order valence-corrected chi connectivity index (χ2v) is 6.21. The van der Waals surface area contributed by atoms with Crippen LogP contribution >= 0.6 is 11.6 Å². The van der Waals surface area contributed by atoms with E-state index in [0.717, 1.165) is 31.2 Å². The van der Waals surface area contributed by atoms with Crippen molar-refractivity contribution in [1.82, 2.24) is 9.55 Å². The maximum Gasteiger partial charge on any atom is 0.330 e. The van der Waals surface area contributed by atoms with Gasteiger partial charge >= 0.3 is 5.69 Å². The highest BCUT2D eigenvalue weighted by Gasteiger charge is 2.34. The van der Waals surface area contributed by atoms with Gasteiger partial charge < -0.3 is 0 Å². The Morgan fingerprint density at radius 3 is 2.38 bits per heavy atom. The molecular formula is C16H17ClN2O2. The first-order valence-electron chi connectivity index (χ1n) is 7.14. The van der Waals surface area contributed by atoms with Crippen molar-refractivity contribution in [3.63, 3.8) is 0 Å². The molecule has 0 bridgehead atoms. The van der Waals surface area contributed by atoms with Crippen molar-refractivity contribution < 1.29 is 0 Å². The molecule has 0 amide bonds. The van der Waals surface area contributed by atoms with Crippen molar-refractivity contribution in [3.8, 4) is 11.1 Å². The topological polar surface area (TPSA) is 54.9 Å². The summed E-state index contributed by atoms with van der Waals surface area (Å²) in [5.74, 6) is 0. The van der Waals surface area contributed by atoms with Crippen LogP contribution in [0.4, 0.5) is 0 Å². The minimum absolute atomic E-state index is 0.106. The van der Waals surface area contributed by atoms with Gasteiger partial charge in [-0.15, -0.1) is 0 Å². The van der Waals surface area contributed by atoms with Crippen LogP contribution in [0.15, 0.2) is 39.9 Å². The molecule has 1 N–H and O–H groups in total. The standard InChI is InChI=1S/C16H17ClN2O2/c1-16(9-5-6-10-16)19-14(20)12(13(17)18-15(19)21)11-7-3-2-4-8-11/h2-4,7-8H,5-6,9-10H2,1H3,(H,18,21). The van der Waals surface area contributed by atoms with Crippen molar-refractivity contribution in [2.24, 2.45) is 0 Å². The maximum atomic E-state index is 12.9. The van der Waals surface area contributed by atoms with E-state index in [-0.39, 0.29) is 10.7 Å². The Labute approximate surface area is 127 Å². The molecule has 5 heteroatoms. The molecule has 3 rings (SSSR count). The highest BCUT2D eigenvalue weighted by Crippen LogP contribution is 2.34. The first kappa shape index (κ1) is 14.1. The molecule has 1 saturated carbocycles. The molecule has 0 saturated heterocycles. The summed E-state index contributed by atoms with van der Waals surface area (Å²) >= 11 is 6.12. The molecule has 4 nitrogen and oxygen atoms in total. The number of nitrogens with zero attached hydrogens (tertiary/aromatic N) is 1. The van der Waals surface area contributed by atoms with Gasteiger partial charge in [-0.2, -0.15) is 0 Å². The van der Waals surface area contributed by atoms with Crippen LogP contribution in [0.2, 0.25) is 5.15 Å². The molecule has 1 aliphatic rings. The van der Waals surface area contributed by atoms with E-state index in [1.165, 1.54) is 4.57 Å². The third-order valence-corrected chi connectivity index (χ3v) is 4.62. The van der Waals surface area contributed by atoms with Crippen molar-refractivity contribution in [3.05, 3.63) is 56.3 Å². The quantitative estimate of drug-likeness (QED) is 0.867. The largest absolute Gasteiger partial charge is 0.330 e. The van der Waals surface area contributed by atoms with Crippen molar-refractivity contribution in [2.45, 2.75) is 38.1 Å². The van der Waals surface area contributed by atoms with Crippen LogP contribution in [-0.4, -0.2) is 9.55 Å². The summed E-state index contributed by atoms with van der Waals surface area (Å²) < 4.78 is 1.36. The molecular weight excluding hydrogens is 288 g/mol. The number of hydrogen-bond donors (Lipinski definition) is 1. The van der Waals surface area contributed by atoms with E-state index in [1.54, 1.807) is 0 Å². The van der Waals surface area contributed by atoms with Gasteiger partial charge in [0.05, 0.1) is 5.56 Å². The Morgan fingerprint density at radius 1 is 1.14 bits per heavy atom. The number of aromatic amines is 1. The SMILES string of the molecule is CC1(n2c(=O)[nH]c(Cl)c(-c3ccccc3)c2=O)CCCC1. The molecule has 1 aromatic carbocycles. The smallest absolute Gasteiger partial charge is 0.297 e. The van der Waals surface area contributed by atoms with Crippen molar-refractivity contribution in [1.29, 1.82) is 0 Å². The van der Waals surface area contributed by atoms with E-state index in [0.29, 0.717) is 5.56 Å². The van der Waals surface area contributed by atoms with Gasteiger partial charge in [0.1, 0.15) is 5.15 Å². The van der Waals surface area contributed by atoms with Crippen LogP contribution in [0, 0.1) is 0 Å². The molecule has 0 unspecified atom stereocenters. The van der Waals surface area contributed by atoms with E-state index in [1.807, 2.05) is 37.3 Å². The van der Waals surface area contributed by atoms with Gasteiger partial charge in [0.2, 0.25) is 0 Å². The van der Waals surface area contributed by atoms with Gasteiger partial charge in [0.15, 0.2) is 0 Å². The Balaban J connectivity index is 2.29. The zero-order valence-electron chi connectivity index (χ0n) is 11.9. The molecule has 0 radical (unpaired) electrons. The molecule has 21 heavy (non-hydrogen) atoms. The average molecular weight is 305 g/mol. The fourth-order valence-electron chi connectivity index (χ4n) is 3.22. The third-order valence-electron chi connectivity index (χ3n) is 4.34. The van der Waals surface area contributed by atoms with Gasteiger partial charge in [0, 0.05) is 5.54 Å². The van der Waals surface area contributed by atoms with Gasteiger partial charge in [-0.3, -0.25) is 14.3 Å². The average Bonchev–Trinajstić information content (AvgIpc) is 2.86. The first-order chi connectivity index (χ1) is 10.0. The number of benzene rings is 1. The van der Waals surface area contributed by atoms with E-state index in [2.05, 4.69) is 4.98 Å². The minimum atomic E-state index is -0.422.